The number of para-hydroxylation sites is 1. The van der Waals surface area contributed by atoms with Crippen LogP contribution in [0.15, 0.2) is 36.5 Å². The Morgan fingerprint density at radius 2 is 2.12 bits per heavy atom. The Bertz CT molecular complexity index is 508. The number of benzene rings is 1. The number of hydrogen-bond donors (Lipinski definition) is 0. The maximum absolute atomic E-state index is 5.41. The molecule has 1 aromatic carbocycles. The van der Waals surface area contributed by atoms with Crippen molar-refractivity contribution < 1.29 is 9.47 Å². The van der Waals surface area contributed by atoms with Crippen LogP contribution in [0.4, 0.5) is 0 Å². The first-order chi connectivity index (χ1) is 7.81. The molecule has 0 atom stereocenters. The number of ether oxygens (including phenoxy) is 2. The third-order valence-electron chi connectivity index (χ3n) is 2.05. The molecule has 2 rings (SSSR count). The fraction of sp³-hybridized carbons (Fsp3) is 0.167. The largest absolute Gasteiger partial charge is 0.457 e. The lowest BCUT2D eigenvalue weighted by Gasteiger charge is -2.08. The number of thiocarbonyl (C=S) groups is 1. The van der Waals surface area contributed by atoms with E-state index in [0.29, 0.717) is 12.4 Å². The molecule has 0 aliphatic carbocycles. The molecule has 0 bridgehead atoms. The van der Waals surface area contributed by atoms with Crippen molar-refractivity contribution in [3.05, 3.63) is 36.5 Å². The van der Waals surface area contributed by atoms with Crippen LogP contribution in [0.25, 0.3) is 10.9 Å². The van der Waals surface area contributed by atoms with Gasteiger partial charge in [0, 0.05) is 23.8 Å². The van der Waals surface area contributed by atoms with E-state index in [0.717, 1.165) is 10.9 Å². The molecule has 0 fully saturated rings. The predicted octanol–water partition coefficient (Wildman–Crippen LogP) is 2.94. The van der Waals surface area contributed by atoms with Crippen LogP contribution in [0.2, 0.25) is 0 Å². The number of pyridine rings is 1. The van der Waals surface area contributed by atoms with E-state index in [1.54, 1.807) is 6.20 Å². The first-order valence-corrected chi connectivity index (χ1v) is 5.40. The summed E-state index contributed by atoms with van der Waals surface area (Å²) < 4.78 is 10.5. The van der Waals surface area contributed by atoms with Gasteiger partial charge in [-0.1, -0.05) is 18.2 Å². The van der Waals surface area contributed by atoms with Gasteiger partial charge in [0.15, 0.2) is 5.75 Å². The van der Waals surface area contributed by atoms with E-state index in [-0.39, 0.29) is 5.24 Å². The van der Waals surface area contributed by atoms with Gasteiger partial charge in [-0.25, -0.2) is 0 Å². The zero-order valence-corrected chi connectivity index (χ0v) is 9.66. The minimum atomic E-state index is 0.126. The SMILES string of the molecule is CCOC(=S)Oc1cccc2cccnc12. The Balaban J connectivity index is 2.33. The summed E-state index contributed by atoms with van der Waals surface area (Å²) in [5, 5.41) is 1.14. The molecular weight excluding hydrogens is 222 g/mol. The Morgan fingerprint density at radius 1 is 1.31 bits per heavy atom. The summed E-state index contributed by atoms with van der Waals surface area (Å²) in [7, 11) is 0. The van der Waals surface area contributed by atoms with Crippen molar-refractivity contribution in [2.75, 3.05) is 6.61 Å². The number of nitrogens with zero attached hydrogens (tertiary/aromatic N) is 1. The minimum Gasteiger partial charge on any atom is -0.457 e. The Morgan fingerprint density at radius 3 is 2.94 bits per heavy atom. The molecule has 0 saturated carbocycles. The van der Waals surface area contributed by atoms with E-state index in [1.807, 2.05) is 37.3 Å². The van der Waals surface area contributed by atoms with Crippen molar-refractivity contribution in [2.45, 2.75) is 6.92 Å². The highest BCUT2D eigenvalue weighted by Crippen LogP contribution is 2.23. The summed E-state index contributed by atoms with van der Waals surface area (Å²) in [6.45, 7) is 2.36. The molecule has 0 aliphatic heterocycles. The van der Waals surface area contributed by atoms with Gasteiger partial charge in [0.1, 0.15) is 5.52 Å². The molecule has 0 amide bonds. The summed E-state index contributed by atoms with van der Waals surface area (Å²) in [6.07, 6.45) is 1.72. The normalized spacial score (nSPS) is 10.1. The van der Waals surface area contributed by atoms with Crippen LogP contribution in [0, 0.1) is 0 Å². The van der Waals surface area contributed by atoms with Crippen LogP contribution in [-0.2, 0) is 4.74 Å². The van der Waals surface area contributed by atoms with Crippen LogP contribution in [-0.4, -0.2) is 16.8 Å². The third kappa shape index (κ3) is 2.28. The summed E-state index contributed by atoms with van der Waals surface area (Å²) in [6, 6.07) is 9.54. The standard InChI is InChI=1S/C12H11NO2S/c1-2-14-12(16)15-10-7-3-5-9-6-4-8-13-11(9)10/h3-8H,2H2,1H3. The molecule has 2 aromatic rings. The first-order valence-electron chi connectivity index (χ1n) is 4.99. The van der Waals surface area contributed by atoms with Gasteiger partial charge in [0.05, 0.1) is 6.61 Å². The molecule has 0 radical (unpaired) electrons. The molecular formula is C12H11NO2S. The quantitative estimate of drug-likeness (QED) is 0.746. The number of aromatic nitrogens is 1. The smallest absolute Gasteiger partial charge is 0.357 e. The van der Waals surface area contributed by atoms with Crippen LogP contribution >= 0.6 is 12.2 Å². The van der Waals surface area contributed by atoms with Gasteiger partial charge in [0.2, 0.25) is 0 Å². The van der Waals surface area contributed by atoms with Gasteiger partial charge < -0.3 is 9.47 Å². The highest BCUT2D eigenvalue weighted by atomic mass is 32.1. The van der Waals surface area contributed by atoms with Crippen molar-refractivity contribution in [1.29, 1.82) is 0 Å². The lowest BCUT2D eigenvalue weighted by Crippen LogP contribution is -2.10. The summed E-state index contributed by atoms with van der Waals surface area (Å²) in [5.74, 6) is 0.622. The lowest BCUT2D eigenvalue weighted by molar-refractivity contribution is 0.265. The van der Waals surface area contributed by atoms with Crippen molar-refractivity contribution in [3.8, 4) is 5.75 Å². The second kappa shape index (κ2) is 4.90. The lowest BCUT2D eigenvalue weighted by atomic mass is 10.2. The zero-order chi connectivity index (χ0) is 11.4. The third-order valence-corrected chi connectivity index (χ3v) is 2.25. The number of rotatable bonds is 2. The molecule has 0 N–H and O–H groups in total. The molecule has 3 nitrogen and oxygen atoms in total. The van der Waals surface area contributed by atoms with Crippen molar-refractivity contribution in [1.82, 2.24) is 4.98 Å². The first kappa shape index (κ1) is 10.8. The topological polar surface area (TPSA) is 31.4 Å². The summed E-state index contributed by atoms with van der Waals surface area (Å²) in [5.41, 5.74) is 0.784. The predicted molar refractivity (Wildman–Crippen MR) is 66.6 cm³/mol. The van der Waals surface area contributed by atoms with E-state index < -0.39 is 0 Å². The van der Waals surface area contributed by atoms with E-state index in [9.17, 15) is 0 Å². The van der Waals surface area contributed by atoms with Gasteiger partial charge in [-0.3, -0.25) is 4.98 Å². The maximum atomic E-state index is 5.41. The van der Waals surface area contributed by atoms with E-state index >= 15 is 0 Å². The Labute approximate surface area is 99.0 Å². The van der Waals surface area contributed by atoms with Crippen LogP contribution < -0.4 is 4.74 Å². The summed E-state index contributed by atoms with van der Waals surface area (Å²) in [4.78, 5) is 4.25. The molecule has 4 heteroatoms. The van der Waals surface area contributed by atoms with Crippen LogP contribution in [0.1, 0.15) is 6.92 Å². The van der Waals surface area contributed by atoms with E-state index in [1.165, 1.54) is 0 Å². The minimum absolute atomic E-state index is 0.126. The second-order valence-electron chi connectivity index (χ2n) is 3.12. The highest BCUT2D eigenvalue weighted by Gasteiger charge is 2.05. The molecule has 0 unspecified atom stereocenters. The van der Waals surface area contributed by atoms with E-state index in [2.05, 4.69) is 4.98 Å². The monoisotopic (exact) mass is 233 g/mol. The highest BCUT2D eigenvalue weighted by molar-refractivity contribution is 7.79. The van der Waals surface area contributed by atoms with Crippen molar-refractivity contribution in [2.24, 2.45) is 0 Å². The fourth-order valence-electron chi connectivity index (χ4n) is 1.40. The van der Waals surface area contributed by atoms with E-state index in [4.69, 9.17) is 21.7 Å². The second-order valence-corrected chi connectivity index (χ2v) is 3.45. The van der Waals surface area contributed by atoms with Crippen molar-refractivity contribution >= 4 is 28.4 Å². The number of hydrogen-bond acceptors (Lipinski definition) is 4. The van der Waals surface area contributed by atoms with Crippen molar-refractivity contribution in [3.63, 3.8) is 0 Å². The zero-order valence-electron chi connectivity index (χ0n) is 8.84. The molecule has 0 saturated heterocycles. The van der Waals surface area contributed by atoms with Gasteiger partial charge in [-0.05, 0) is 19.1 Å². The molecule has 1 heterocycles. The molecule has 16 heavy (non-hydrogen) atoms. The van der Waals surface area contributed by atoms with Gasteiger partial charge in [0.25, 0.3) is 0 Å². The van der Waals surface area contributed by atoms with Crippen LogP contribution in [0.5, 0.6) is 5.75 Å². The molecule has 0 aliphatic rings. The van der Waals surface area contributed by atoms with Gasteiger partial charge in [-0.2, -0.15) is 0 Å². The Kier molecular flexibility index (Phi) is 3.31. The maximum Gasteiger partial charge on any atom is 0.357 e. The number of fused-ring (bicyclic) bond motifs is 1. The average molecular weight is 233 g/mol. The molecule has 1 aromatic heterocycles. The molecule has 0 spiro atoms. The van der Waals surface area contributed by atoms with Gasteiger partial charge >= 0.3 is 5.24 Å². The fourth-order valence-corrected chi connectivity index (χ4v) is 1.60. The summed E-state index contributed by atoms with van der Waals surface area (Å²) >= 11 is 4.93. The average Bonchev–Trinajstić information content (AvgIpc) is 2.30. The van der Waals surface area contributed by atoms with Crippen LogP contribution in [0.3, 0.4) is 0 Å². The molecule has 82 valence electrons. The Hall–Kier alpha value is -1.68. The van der Waals surface area contributed by atoms with Gasteiger partial charge in [-0.15, -0.1) is 0 Å².